The number of hydrogen-bond acceptors (Lipinski definition) is 6. The highest BCUT2D eigenvalue weighted by atomic mass is 16.5. The molecule has 0 heterocycles. The van der Waals surface area contributed by atoms with Gasteiger partial charge in [-0.05, 0) is 38.5 Å². The first-order valence-electron chi connectivity index (χ1n) is 21.0. The van der Waals surface area contributed by atoms with Gasteiger partial charge < -0.3 is 14.2 Å². The fraction of sp³-hybridized carbons (Fsp3) is 0.929. The predicted molar refractivity (Wildman–Crippen MR) is 199 cm³/mol. The molecular formula is C42H78O6. The third-order valence-electron chi connectivity index (χ3n) is 10.2. The van der Waals surface area contributed by atoms with Crippen LogP contribution in [0.15, 0.2) is 0 Å². The number of ether oxygens (including phenoxy) is 3. The summed E-state index contributed by atoms with van der Waals surface area (Å²) >= 11 is 0. The van der Waals surface area contributed by atoms with Crippen molar-refractivity contribution >= 4 is 17.9 Å². The summed E-state index contributed by atoms with van der Waals surface area (Å²) in [6, 6.07) is 0. The van der Waals surface area contributed by atoms with Crippen LogP contribution in [0.3, 0.4) is 0 Å². The molecule has 0 unspecified atom stereocenters. The molecule has 0 radical (unpaired) electrons. The Labute approximate surface area is 297 Å². The third-order valence-corrected chi connectivity index (χ3v) is 10.2. The van der Waals surface area contributed by atoms with Gasteiger partial charge in [0, 0.05) is 0 Å². The number of unbranched alkanes of at least 4 members (excludes halogenated alkanes) is 24. The Morgan fingerprint density at radius 2 is 0.521 bits per heavy atom. The minimum atomic E-state index is -0.465. The van der Waals surface area contributed by atoms with Crippen LogP contribution in [-0.4, -0.2) is 37.7 Å². The normalized spacial score (nSPS) is 17.7. The minimum absolute atomic E-state index is 0.275. The van der Waals surface area contributed by atoms with E-state index in [1.807, 2.05) is 0 Å². The molecule has 0 spiro atoms. The van der Waals surface area contributed by atoms with Crippen molar-refractivity contribution in [1.29, 1.82) is 0 Å². The van der Waals surface area contributed by atoms with Gasteiger partial charge in [-0.2, -0.15) is 0 Å². The van der Waals surface area contributed by atoms with Gasteiger partial charge in [-0.15, -0.1) is 0 Å². The molecule has 1 saturated carbocycles. The zero-order valence-electron chi connectivity index (χ0n) is 32.0. The Morgan fingerprint density at radius 3 is 0.729 bits per heavy atom. The highest BCUT2D eigenvalue weighted by Crippen LogP contribution is 2.36. The van der Waals surface area contributed by atoms with Crippen LogP contribution in [0, 0.1) is 17.8 Å². The third kappa shape index (κ3) is 24.5. The van der Waals surface area contributed by atoms with Crippen molar-refractivity contribution in [2.75, 3.05) is 19.8 Å². The molecule has 0 N–H and O–H groups in total. The van der Waals surface area contributed by atoms with Gasteiger partial charge in [0.05, 0.1) is 37.6 Å². The van der Waals surface area contributed by atoms with E-state index >= 15 is 0 Å². The van der Waals surface area contributed by atoms with Crippen LogP contribution in [0.5, 0.6) is 0 Å². The largest absolute Gasteiger partial charge is 0.465 e. The van der Waals surface area contributed by atoms with Crippen molar-refractivity contribution in [2.24, 2.45) is 17.8 Å². The SMILES string of the molecule is CCCCCCCCCCCOC(=O)C1CC(C(=O)OCCCCCCCCCCC)CC(C(=O)OCCCCCCCCCCC)C1. The summed E-state index contributed by atoms with van der Waals surface area (Å²) in [5.74, 6) is -2.22. The first-order chi connectivity index (χ1) is 23.5. The zero-order chi connectivity index (χ0) is 34.9. The number of carbonyl (C=O) groups is 3. The van der Waals surface area contributed by atoms with Crippen molar-refractivity contribution in [3.05, 3.63) is 0 Å². The molecule has 0 bridgehead atoms. The molecule has 48 heavy (non-hydrogen) atoms. The van der Waals surface area contributed by atoms with Crippen molar-refractivity contribution in [2.45, 2.75) is 213 Å². The smallest absolute Gasteiger partial charge is 0.308 e. The molecule has 6 nitrogen and oxygen atoms in total. The summed E-state index contributed by atoms with van der Waals surface area (Å²) in [7, 11) is 0. The Balaban J connectivity index is 2.46. The van der Waals surface area contributed by atoms with Gasteiger partial charge >= 0.3 is 17.9 Å². The van der Waals surface area contributed by atoms with Crippen molar-refractivity contribution < 1.29 is 28.6 Å². The van der Waals surface area contributed by atoms with E-state index in [-0.39, 0.29) is 17.9 Å². The molecule has 1 fully saturated rings. The van der Waals surface area contributed by atoms with E-state index in [9.17, 15) is 14.4 Å². The lowest BCUT2D eigenvalue weighted by atomic mass is 9.75. The van der Waals surface area contributed by atoms with Crippen LogP contribution >= 0.6 is 0 Å². The monoisotopic (exact) mass is 679 g/mol. The zero-order valence-corrected chi connectivity index (χ0v) is 32.0. The first kappa shape index (κ1) is 44.4. The maximum atomic E-state index is 13.1. The maximum Gasteiger partial charge on any atom is 0.308 e. The standard InChI is InChI=1S/C42H78O6/c1-4-7-10-13-16-19-22-25-28-31-46-40(43)37-34-38(41(44)47-32-29-26-23-20-17-14-11-8-5-2)36-39(35-37)42(45)48-33-30-27-24-21-18-15-12-9-6-3/h37-39H,4-36H2,1-3H3. The fourth-order valence-corrected chi connectivity index (χ4v) is 7.01. The lowest BCUT2D eigenvalue weighted by Gasteiger charge is -2.31. The summed E-state index contributed by atoms with van der Waals surface area (Å²) < 4.78 is 17.1. The molecule has 0 aromatic heterocycles. The van der Waals surface area contributed by atoms with Gasteiger partial charge in [-0.25, -0.2) is 0 Å². The van der Waals surface area contributed by atoms with Crippen LogP contribution in [0.4, 0.5) is 0 Å². The highest BCUT2D eigenvalue weighted by Gasteiger charge is 2.41. The molecular weight excluding hydrogens is 600 g/mol. The molecule has 0 amide bonds. The molecule has 0 aromatic rings. The molecule has 0 atom stereocenters. The molecule has 6 heteroatoms. The highest BCUT2D eigenvalue weighted by molar-refractivity contribution is 5.80. The Morgan fingerprint density at radius 1 is 0.333 bits per heavy atom. The second kappa shape index (κ2) is 32.6. The van der Waals surface area contributed by atoms with Gasteiger partial charge in [0.25, 0.3) is 0 Å². The molecule has 0 aromatic carbocycles. The van der Waals surface area contributed by atoms with E-state index in [4.69, 9.17) is 14.2 Å². The average Bonchev–Trinajstić information content (AvgIpc) is 3.10. The topological polar surface area (TPSA) is 78.9 Å². The Kier molecular flexibility index (Phi) is 30.2. The number of carbonyl (C=O) groups excluding carboxylic acids is 3. The van der Waals surface area contributed by atoms with Crippen LogP contribution in [0.2, 0.25) is 0 Å². The minimum Gasteiger partial charge on any atom is -0.465 e. The molecule has 282 valence electrons. The van der Waals surface area contributed by atoms with Crippen molar-refractivity contribution in [1.82, 2.24) is 0 Å². The second-order valence-corrected chi connectivity index (χ2v) is 14.8. The second-order valence-electron chi connectivity index (χ2n) is 14.8. The van der Waals surface area contributed by atoms with Gasteiger partial charge in [0.2, 0.25) is 0 Å². The molecule has 1 rings (SSSR count). The van der Waals surface area contributed by atoms with Gasteiger partial charge in [0.1, 0.15) is 0 Å². The van der Waals surface area contributed by atoms with Gasteiger partial charge in [-0.1, -0.05) is 175 Å². The van der Waals surface area contributed by atoms with Gasteiger partial charge in [-0.3, -0.25) is 14.4 Å². The number of rotatable bonds is 33. The van der Waals surface area contributed by atoms with Crippen molar-refractivity contribution in [3.63, 3.8) is 0 Å². The van der Waals surface area contributed by atoms with E-state index < -0.39 is 17.8 Å². The Hall–Kier alpha value is -1.59. The van der Waals surface area contributed by atoms with E-state index in [1.54, 1.807) is 0 Å². The van der Waals surface area contributed by atoms with E-state index in [1.165, 1.54) is 135 Å². The quantitative estimate of drug-likeness (QED) is 0.0390. The predicted octanol–water partition coefficient (Wildman–Crippen LogP) is 12.2. The summed E-state index contributed by atoms with van der Waals surface area (Å²) in [5.41, 5.74) is 0. The Bertz CT molecular complexity index is 661. The van der Waals surface area contributed by atoms with Gasteiger partial charge in [0.15, 0.2) is 0 Å². The summed E-state index contributed by atoms with van der Waals surface area (Å²) in [6.45, 7) is 7.95. The van der Waals surface area contributed by atoms with Crippen LogP contribution in [-0.2, 0) is 28.6 Å². The van der Waals surface area contributed by atoms with Crippen LogP contribution in [0.25, 0.3) is 0 Å². The number of esters is 3. The first-order valence-corrected chi connectivity index (χ1v) is 21.0. The van der Waals surface area contributed by atoms with E-state index in [0.29, 0.717) is 39.1 Å². The molecule has 0 saturated heterocycles. The van der Waals surface area contributed by atoms with Crippen LogP contribution in [0.1, 0.15) is 213 Å². The lowest BCUT2D eigenvalue weighted by molar-refractivity contribution is -0.161. The summed E-state index contributed by atoms with van der Waals surface area (Å²) in [4.78, 5) is 39.4. The van der Waals surface area contributed by atoms with Crippen molar-refractivity contribution in [3.8, 4) is 0 Å². The fourth-order valence-electron chi connectivity index (χ4n) is 7.01. The lowest BCUT2D eigenvalue weighted by Crippen LogP contribution is -2.37. The number of hydrogen-bond donors (Lipinski definition) is 0. The summed E-state index contributed by atoms with van der Waals surface area (Å²) in [6.07, 6.45) is 33.8. The average molecular weight is 679 g/mol. The van der Waals surface area contributed by atoms with E-state index in [0.717, 1.165) is 38.5 Å². The molecule has 1 aliphatic rings. The van der Waals surface area contributed by atoms with Crippen LogP contribution < -0.4 is 0 Å². The van der Waals surface area contributed by atoms with E-state index in [2.05, 4.69) is 20.8 Å². The molecule has 1 aliphatic carbocycles. The maximum absolute atomic E-state index is 13.1. The molecule has 0 aliphatic heterocycles. The summed E-state index contributed by atoms with van der Waals surface area (Å²) in [5, 5.41) is 0.